The molecule has 6 heteroatoms. The number of likely N-dealkylation sites (tertiary alicyclic amines) is 1. The summed E-state index contributed by atoms with van der Waals surface area (Å²) in [6, 6.07) is 0. The van der Waals surface area contributed by atoms with Crippen LogP contribution in [0.25, 0.3) is 0 Å². The lowest BCUT2D eigenvalue weighted by molar-refractivity contribution is -0.145. The van der Waals surface area contributed by atoms with Crippen molar-refractivity contribution in [1.82, 2.24) is 14.5 Å². The fourth-order valence-corrected chi connectivity index (χ4v) is 2.42. The number of aryl methyl sites for hydroxylation is 1. The van der Waals surface area contributed by atoms with E-state index in [9.17, 15) is 4.79 Å². The largest absolute Gasteiger partial charge is 0.480 e. The van der Waals surface area contributed by atoms with Crippen LogP contribution in [0.2, 0.25) is 0 Å². The van der Waals surface area contributed by atoms with Crippen molar-refractivity contribution in [3.8, 4) is 0 Å². The second kappa shape index (κ2) is 6.68. The van der Waals surface area contributed by atoms with E-state index in [1.807, 2.05) is 12.5 Å². The number of carboxylic acid groups (broad SMARTS) is 1. The number of nitrogens with zero attached hydrogens (tertiary/aromatic N) is 3. The minimum Gasteiger partial charge on any atom is -0.480 e. The SMILES string of the molecule is CCn1cncc1CN1CCC(OCC(=O)O)CC1. The van der Waals surface area contributed by atoms with Gasteiger partial charge in [-0.15, -0.1) is 0 Å². The molecular formula is C13H21N3O3. The molecule has 1 aromatic rings. The summed E-state index contributed by atoms with van der Waals surface area (Å²) in [7, 11) is 0. The molecule has 1 aliphatic heterocycles. The van der Waals surface area contributed by atoms with Gasteiger partial charge >= 0.3 is 5.97 Å². The van der Waals surface area contributed by atoms with Crippen molar-refractivity contribution in [3.05, 3.63) is 18.2 Å². The summed E-state index contributed by atoms with van der Waals surface area (Å²) in [5.74, 6) is -0.894. The molecule has 0 radical (unpaired) electrons. The van der Waals surface area contributed by atoms with Gasteiger partial charge in [-0.2, -0.15) is 0 Å². The van der Waals surface area contributed by atoms with Gasteiger partial charge in [0.15, 0.2) is 0 Å². The van der Waals surface area contributed by atoms with E-state index in [0.29, 0.717) is 0 Å². The van der Waals surface area contributed by atoms with Crippen LogP contribution in [0.1, 0.15) is 25.5 Å². The Labute approximate surface area is 113 Å². The Morgan fingerprint density at radius 3 is 2.89 bits per heavy atom. The molecule has 0 saturated carbocycles. The molecule has 106 valence electrons. The summed E-state index contributed by atoms with van der Waals surface area (Å²) in [4.78, 5) is 17.0. The van der Waals surface area contributed by atoms with Crippen molar-refractivity contribution in [3.63, 3.8) is 0 Å². The zero-order valence-corrected chi connectivity index (χ0v) is 11.3. The van der Waals surface area contributed by atoms with Gasteiger partial charge in [0.1, 0.15) is 6.61 Å². The van der Waals surface area contributed by atoms with E-state index in [2.05, 4.69) is 21.4 Å². The highest BCUT2D eigenvalue weighted by molar-refractivity contribution is 5.68. The molecule has 0 spiro atoms. The Bertz CT molecular complexity index is 411. The van der Waals surface area contributed by atoms with Crippen LogP contribution in [-0.2, 0) is 22.6 Å². The van der Waals surface area contributed by atoms with Gasteiger partial charge in [0.25, 0.3) is 0 Å². The maximum absolute atomic E-state index is 10.4. The molecule has 2 rings (SSSR count). The predicted molar refractivity (Wildman–Crippen MR) is 69.8 cm³/mol. The predicted octanol–water partition coefficient (Wildman–Crippen LogP) is 0.969. The fourth-order valence-electron chi connectivity index (χ4n) is 2.42. The van der Waals surface area contributed by atoms with Crippen molar-refractivity contribution in [2.24, 2.45) is 0 Å². The van der Waals surface area contributed by atoms with E-state index < -0.39 is 5.97 Å². The number of hydrogen-bond acceptors (Lipinski definition) is 4. The van der Waals surface area contributed by atoms with Crippen molar-refractivity contribution in [2.75, 3.05) is 19.7 Å². The maximum Gasteiger partial charge on any atom is 0.329 e. The molecule has 0 atom stereocenters. The normalized spacial score (nSPS) is 17.7. The Kier molecular flexibility index (Phi) is 4.93. The number of carbonyl (C=O) groups is 1. The van der Waals surface area contributed by atoms with E-state index >= 15 is 0 Å². The van der Waals surface area contributed by atoms with Gasteiger partial charge in [-0.1, -0.05) is 0 Å². The van der Waals surface area contributed by atoms with Gasteiger partial charge in [-0.05, 0) is 19.8 Å². The smallest absolute Gasteiger partial charge is 0.329 e. The molecule has 0 bridgehead atoms. The van der Waals surface area contributed by atoms with E-state index in [1.54, 1.807) is 0 Å². The van der Waals surface area contributed by atoms with Crippen LogP contribution in [0.5, 0.6) is 0 Å². The summed E-state index contributed by atoms with van der Waals surface area (Å²) in [6.45, 7) is 5.65. The monoisotopic (exact) mass is 267 g/mol. The summed E-state index contributed by atoms with van der Waals surface area (Å²) in [6.07, 6.45) is 5.65. The first-order valence-corrected chi connectivity index (χ1v) is 6.73. The van der Waals surface area contributed by atoms with Crippen molar-refractivity contribution >= 4 is 5.97 Å². The number of ether oxygens (including phenoxy) is 1. The first-order chi connectivity index (χ1) is 9.19. The molecule has 6 nitrogen and oxygen atoms in total. The van der Waals surface area contributed by atoms with Crippen LogP contribution in [0.4, 0.5) is 0 Å². The van der Waals surface area contributed by atoms with Crippen LogP contribution in [-0.4, -0.2) is 51.3 Å². The Balaban J connectivity index is 1.76. The first kappa shape index (κ1) is 14.0. The van der Waals surface area contributed by atoms with Crippen LogP contribution in [0, 0.1) is 0 Å². The topological polar surface area (TPSA) is 67.6 Å². The second-order valence-electron chi connectivity index (χ2n) is 4.85. The van der Waals surface area contributed by atoms with E-state index in [-0.39, 0.29) is 12.7 Å². The van der Waals surface area contributed by atoms with Crippen molar-refractivity contribution in [2.45, 2.75) is 39.0 Å². The zero-order chi connectivity index (χ0) is 13.7. The second-order valence-corrected chi connectivity index (χ2v) is 4.85. The van der Waals surface area contributed by atoms with Gasteiger partial charge < -0.3 is 14.4 Å². The standard InChI is InChI=1S/C13H21N3O3/c1-2-16-10-14-7-11(16)8-15-5-3-12(4-6-15)19-9-13(17)18/h7,10,12H,2-6,8-9H2,1H3,(H,17,18). The number of piperidine rings is 1. The molecule has 1 saturated heterocycles. The highest BCUT2D eigenvalue weighted by Crippen LogP contribution is 2.16. The van der Waals surface area contributed by atoms with E-state index in [0.717, 1.165) is 39.0 Å². The quantitative estimate of drug-likeness (QED) is 0.831. The molecule has 0 aliphatic carbocycles. The van der Waals surface area contributed by atoms with E-state index in [4.69, 9.17) is 9.84 Å². The molecule has 19 heavy (non-hydrogen) atoms. The number of aromatic nitrogens is 2. The molecule has 0 amide bonds. The fraction of sp³-hybridized carbons (Fsp3) is 0.692. The number of imidazole rings is 1. The van der Waals surface area contributed by atoms with Crippen LogP contribution >= 0.6 is 0 Å². The molecule has 0 unspecified atom stereocenters. The minimum absolute atomic E-state index is 0.0865. The number of carboxylic acids is 1. The summed E-state index contributed by atoms with van der Waals surface area (Å²) < 4.78 is 7.47. The number of aliphatic carboxylic acids is 1. The lowest BCUT2D eigenvalue weighted by Crippen LogP contribution is -2.37. The van der Waals surface area contributed by atoms with Crippen molar-refractivity contribution < 1.29 is 14.6 Å². The molecule has 1 aliphatic rings. The Morgan fingerprint density at radius 2 is 2.26 bits per heavy atom. The minimum atomic E-state index is -0.894. The molecule has 1 aromatic heterocycles. The first-order valence-electron chi connectivity index (χ1n) is 6.73. The molecule has 1 fully saturated rings. The third kappa shape index (κ3) is 4.04. The molecule has 0 aromatic carbocycles. The lowest BCUT2D eigenvalue weighted by Gasteiger charge is -2.31. The number of hydrogen-bond donors (Lipinski definition) is 1. The van der Waals surface area contributed by atoms with Gasteiger partial charge in [-0.3, -0.25) is 4.90 Å². The Hall–Kier alpha value is -1.40. The van der Waals surface area contributed by atoms with Crippen LogP contribution in [0.3, 0.4) is 0 Å². The lowest BCUT2D eigenvalue weighted by atomic mass is 10.1. The third-order valence-corrected chi connectivity index (χ3v) is 3.50. The van der Waals surface area contributed by atoms with E-state index in [1.165, 1.54) is 5.69 Å². The van der Waals surface area contributed by atoms with Gasteiger partial charge in [0.05, 0.1) is 18.1 Å². The zero-order valence-electron chi connectivity index (χ0n) is 11.3. The summed E-state index contributed by atoms with van der Waals surface area (Å²) in [5, 5.41) is 8.58. The molecule has 1 N–H and O–H groups in total. The highest BCUT2D eigenvalue weighted by Gasteiger charge is 2.21. The molecule has 2 heterocycles. The van der Waals surface area contributed by atoms with Crippen LogP contribution < -0.4 is 0 Å². The maximum atomic E-state index is 10.4. The number of rotatable bonds is 6. The van der Waals surface area contributed by atoms with Gasteiger partial charge in [-0.25, -0.2) is 9.78 Å². The van der Waals surface area contributed by atoms with Gasteiger partial charge in [0, 0.05) is 32.4 Å². The Morgan fingerprint density at radius 1 is 1.53 bits per heavy atom. The van der Waals surface area contributed by atoms with Crippen LogP contribution in [0.15, 0.2) is 12.5 Å². The highest BCUT2D eigenvalue weighted by atomic mass is 16.5. The average molecular weight is 267 g/mol. The summed E-state index contributed by atoms with van der Waals surface area (Å²) in [5.41, 5.74) is 1.23. The van der Waals surface area contributed by atoms with Gasteiger partial charge in [0.2, 0.25) is 0 Å². The third-order valence-electron chi connectivity index (χ3n) is 3.50. The van der Waals surface area contributed by atoms with Crippen molar-refractivity contribution in [1.29, 1.82) is 0 Å². The average Bonchev–Trinajstić information content (AvgIpc) is 2.85. The molecular weight excluding hydrogens is 246 g/mol. The summed E-state index contributed by atoms with van der Waals surface area (Å²) >= 11 is 0.